The van der Waals surface area contributed by atoms with Crippen LogP contribution in [-0.4, -0.2) is 14.2 Å². The number of hydrogen-bond donors (Lipinski definition) is 1. The Kier molecular flexibility index (Phi) is 10.7. The van der Waals surface area contributed by atoms with E-state index in [2.05, 4.69) is 5.32 Å². The van der Waals surface area contributed by atoms with Crippen LogP contribution in [0.1, 0.15) is 27.7 Å². The van der Waals surface area contributed by atoms with Crippen molar-refractivity contribution in [3.05, 3.63) is 48.5 Å². The van der Waals surface area contributed by atoms with Crippen molar-refractivity contribution in [2.45, 2.75) is 27.7 Å². The van der Waals surface area contributed by atoms with E-state index in [1.165, 1.54) is 0 Å². The average molecular weight is 290 g/mol. The number of quaternary nitrogens is 1. The molecule has 0 aliphatic carbocycles. The van der Waals surface area contributed by atoms with E-state index in [1.54, 1.807) is 14.2 Å². The van der Waals surface area contributed by atoms with Gasteiger partial charge in [0.1, 0.15) is 22.9 Å². The fourth-order valence-corrected chi connectivity index (χ4v) is 1.59. The van der Waals surface area contributed by atoms with Crippen molar-refractivity contribution < 1.29 is 14.8 Å². The summed E-state index contributed by atoms with van der Waals surface area (Å²) in [4.78, 5) is 0. The van der Waals surface area contributed by atoms with Crippen LogP contribution in [0, 0.1) is 0 Å². The van der Waals surface area contributed by atoms with E-state index in [0.717, 1.165) is 22.9 Å². The van der Waals surface area contributed by atoms with E-state index in [9.17, 15) is 0 Å². The van der Waals surface area contributed by atoms with E-state index >= 15 is 0 Å². The molecule has 2 N–H and O–H groups in total. The number of hydrogen-bond acceptors (Lipinski definition) is 2. The molecule has 3 heteroatoms. The Hall–Kier alpha value is -2.00. The van der Waals surface area contributed by atoms with E-state index in [0.29, 0.717) is 0 Å². The van der Waals surface area contributed by atoms with Crippen LogP contribution < -0.4 is 14.8 Å². The van der Waals surface area contributed by atoms with Gasteiger partial charge in [0.05, 0.1) is 14.2 Å². The highest BCUT2D eigenvalue weighted by Crippen LogP contribution is 2.15. The Morgan fingerprint density at radius 2 is 0.857 bits per heavy atom. The van der Waals surface area contributed by atoms with Gasteiger partial charge in [-0.2, -0.15) is 0 Å². The highest BCUT2D eigenvalue weighted by Gasteiger charge is 2.01. The molecule has 21 heavy (non-hydrogen) atoms. The second-order valence-electron chi connectivity index (χ2n) is 3.69. The average Bonchev–Trinajstić information content (AvgIpc) is 2.60. The molecular formula is C18H28NO2+. The SMILES string of the molecule is CC.CC.COc1ccc([NH2+]c2ccc(OC)cc2)cc1. The summed E-state index contributed by atoms with van der Waals surface area (Å²) in [6.07, 6.45) is 0. The maximum absolute atomic E-state index is 5.12. The van der Waals surface area contributed by atoms with Gasteiger partial charge in [0.2, 0.25) is 0 Å². The van der Waals surface area contributed by atoms with Gasteiger partial charge >= 0.3 is 0 Å². The summed E-state index contributed by atoms with van der Waals surface area (Å²) in [7, 11) is 3.34. The summed E-state index contributed by atoms with van der Waals surface area (Å²) in [6.45, 7) is 8.00. The minimum absolute atomic E-state index is 0.872. The van der Waals surface area contributed by atoms with Crippen molar-refractivity contribution in [2.75, 3.05) is 14.2 Å². The van der Waals surface area contributed by atoms with Crippen molar-refractivity contribution in [2.24, 2.45) is 0 Å². The zero-order chi connectivity index (χ0) is 16.1. The van der Waals surface area contributed by atoms with Crippen LogP contribution >= 0.6 is 0 Å². The number of ether oxygens (including phenoxy) is 2. The van der Waals surface area contributed by atoms with Crippen LogP contribution in [-0.2, 0) is 0 Å². The monoisotopic (exact) mass is 290 g/mol. The van der Waals surface area contributed by atoms with Crippen LogP contribution in [0.4, 0.5) is 11.4 Å². The molecule has 0 aliphatic rings. The Balaban J connectivity index is 0.000000921. The lowest BCUT2D eigenvalue weighted by Crippen LogP contribution is -2.70. The third-order valence-corrected chi connectivity index (χ3v) is 2.56. The highest BCUT2D eigenvalue weighted by molar-refractivity contribution is 5.41. The first-order valence-corrected chi connectivity index (χ1v) is 7.44. The Morgan fingerprint density at radius 3 is 1.10 bits per heavy atom. The van der Waals surface area contributed by atoms with Gasteiger partial charge in [-0.05, 0) is 24.3 Å². The van der Waals surface area contributed by atoms with Gasteiger partial charge in [0.25, 0.3) is 0 Å². The van der Waals surface area contributed by atoms with Gasteiger partial charge in [0, 0.05) is 24.3 Å². The molecule has 2 aromatic rings. The molecule has 0 amide bonds. The molecule has 0 fully saturated rings. The predicted molar refractivity (Wildman–Crippen MR) is 89.9 cm³/mol. The normalized spacial score (nSPS) is 8.67. The maximum atomic E-state index is 5.12. The van der Waals surface area contributed by atoms with E-state index in [4.69, 9.17) is 9.47 Å². The summed E-state index contributed by atoms with van der Waals surface area (Å²) < 4.78 is 10.2. The fourth-order valence-electron chi connectivity index (χ4n) is 1.59. The lowest BCUT2D eigenvalue weighted by Gasteiger charge is -2.03. The van der Waals surface area contributed by atoms with Crippen LogP contribution in [0.25, 0.3) is 0 Å². The third-order valence-electron chi connectivity index (χ3n) is 2.56. The molecule has 0 radical (unpaired) electrons. The first kappa shape index (κ1) is 19.0. The largest absolute Gasteiger partial charge is 0.497 e. The summed E-state index contributed by atoms with van der Waals surface area (Å²) in [5, 5.41) is 2.11. The van der Waals surface area contributed by atoms with Gasteiger partial charge < -0.3 is 9.47 Å². The molecule has 0 aliphatic heterocycles. The predicted octanol–water partition coefficient (Wildman–Crippen LogP) is 4.28. The molecule has 0 saturated heterocycles. The molecule has 0 spiro atoms. The van der Waals surface area contributed by atoms with E-state index in [1.807, 2.05) is 76.2 Å². The standard InChI is InChI=1S/C14H15NO2.2C2H6/c1-16-13-7-3-11(4-8-13)15-12-5-9-14(17-2)10-6-12;2*1-2/h3-10,15H,1-2H3;2*1-2H3/p+1. The molecule has 0 aromatic heterocycles. The van der Waals surface area contributed by atoms with Gasteiger partial charge in [0.15, 0.2) is 0 Å². The molecule has 3 nitrogen and oxygen atoms in total. The molecule has 0 unspecified atom stereocenters. The number of benzene rings is 2. The molecule has 0 saturated carbocycles. The quantitative estimate of drug-likeness (QED) is 0.853. The second kappa shape index (κ2) is 11.8. The minimum atomic E-state index is 0.872. The summed E-state index contributed by atoms with van der Waals surface area (Å²) in [5.74, 6) is 1.74. The van der Waals surface area contributed by atoms with Crippen LogP contribution in [0.15, 0.2) is 48.5 Å². The van der Waals surface area contributed by atoms with Gasteiger partial charge in [-0.3, -0.25) is 5.32 Å². The minimum Gasteiger partial charge on any atom is -0.497 e. The molecule has 0 heterocycles. The molecule has 2 aromatic carbocycles. The van der Waals surface area contributed by atoms with Gasteiger partial charge in [-0.25, -0.2) is 0 Å². The van der Waals surface area contributed by atoms with Crippen molar-refractivity contribution in [1.29, 1.82) is 0 Å². The third kappa shape index (κ3) is 6.82. The summed E-state index contributed by atoms with van der Waals surface area (Å²) >= 11 is 0. The Labute approximate surface area is 128 Å². The zero-order valence-electron chi connectivity index (χ0n) is 14.0. The maximum Gasteiger partial charge on any atom is 0.134 e. The molecular weight excluding hydrogens is 262 g/mol. The summed E-state index contributed by atoms with van der Waals surface area (Å²) in [6, 6.07) is 15.9. The van der Waals surface area contributed by atoms with E-state index in [-0.39, 0.29) is 0 Å². The zero-order valence-corrected chi connectivity index (χ0v) is 14.0. The molecule has 116 valence electrons. The summed E-state index contributed by atoms with van der Waals surface area (Å²) in [5.41, 5.74) is 2.30. The van der Waals surface area contributed by atoms with Crippen molar-refractivity contribution in [3.63, 3.8) is 0 Å². The number of methoxy groups -OCH3 is 2. The van der Waals surface area contributed by atoms with Crippen LogP contribution in [0.2, 0.25) is 0 Å². The Bertz CT molecular complexity index is 418. The second-order valence-corrected chi connectivity index (χ2v) is 3.69. The van der Waals surface area contributed by atoms with Crippen LogP contribution in [0.5, 0.6) is 11.5 Å². The molecule has 0 bridgehead atoms. The van der Waals surface area contributed by atoms with E-state index < -0.39 is 0 Å². The highest BCUT2D eigenvalue weighted by atomic mass is 16.5. The van der Waals surface area contributed by atoms with Crippen molar-refractivity contribution >= 4 is 11.4 Å². The fraction of sp³-hybridized carbons (Fsp3) is 0.333. The van der Waals surface area contributed by atoms with Gasteiger partial charge in [-0.1, -0.05) is 27.7 Å². The van der Waals surface area contributed by atoms with Crippen molar-refractivity contribution in [3.8, 4) is 11.5 Å². The lowest BCUT2D eigenvalue weighted by molar-refractivity contribution is -0.478. The number of nitrogens with two attached hydrogens (primary N) is 1. The Morgan fingerprint density at radius 1 is 0.571 bits per heavy atom. The van der Waals surface area contributed by atoms with Crippen molar-refractivity contribution in [1.82, 2.24) is 0 Å². The topological polar surface area (TPSA) is 35.1 Å². The smallest absolute Gasteiger partial charge is 0.134 e. The molecule has 2 rings (SSSR count). The number of rotatable bonds is 4. The van der Waals surface area contributed by atoms with Gasteiger partial charge in [-0.15, -0.1) is 0 Å². The van der Waals surface area contributed by atoms with Crippen LogP contribution in [0.3, 0.4) is 0 Å². The first-order chi connectivity index (χ1) is 10.3. The first-order valence-electron chi connectivity index (χ1n) is 7.44. The molecule has 0 atom stereocenters. The lowest BCUT2D eigenvalue weighted by atomic mass is 10.2.